The van der Waals surface area contributed by atoms with Crippen LogP contribution >= 0.6 is 15.9 Å². The van der Waals surface area contributed by atoms with E-state index in [4.69, 9.17) is 11.2 Å². The lowest BCUT2D eigenvalue weighted by molar-refractivity contribution is 0.303. The summed E-state index contributed by atoms with van der Waals surface area (Å²) in [6, 6.07) is 11.1. The van der Waals surface area contributed by atoms with E-state index in [2.05, 4.69) is 32.3 Å². The molecule has 25 heavy (non-hydrogen) atoms. The Kier molecular flexibility index (Phi) is 4.72. The second kappa shape index (κ2) is 6.95. The van der Waals surface area contributed by atoms with E-state index in [1.54, 1.807) is 18.2 Å². The maximum Gasteiger partial charge on any atom is 0.368 e. The molecule has 1 aromatic heterocycles. The highest BCUT2D eigenvalue weighted by molar-refractivity contribution is 9.10. The van der Waals surface area contributed by atoms with Gasteiger partial charge in [-0.3, -0.25) is 0 Å². The molecule has 0 amide bonds. The van der Waals surface area contributed by atoms with Crippen LogP contribution in [0.25, 0.3) is 5.69 Å². The van der Waals surface area contributed by atoms with Gasteiger partial charge in [0.2, 0.25) is 0 Å². The fraction of sp³-hybridized carbons (Fsp3) is 0.167. The van der Waals surface area contributed by atoms with Crippen molar-refractivity contribution in [3.05, 3.63) is 68.0 Å². The lowest BCUT2D eigenvalue weighted by Crippen LogP contribution is -2.23. The van der Waals surface area contributed by atoms with Gasteiger partial charge in [-0.15, -0.1) is 6.42 Å². The van der Waals surface area contributed by atoms with Crippen LogP contribution in [0.3, 0.4) is 0 Å². The van der Waals surface area contributed by atoms with E-state index in [0.29, 0.717) is 22.6 Å². The SMILES string of the molecule is C#Cc1cccc(-n2nnn(C)c2=O)c1COc1ccc(C)cc1Br. The van der Waals surface area contributed by atoms with E-state index in [1.165, 1.54) is 11.7 Å². The van der Waals surface area contributed by atoms with Crippen LogP contribution in [-0.4, -0.2) is 19.8 Å². The first-order valence-electron chi connectivity index (χ1n) is 7.48. The molecular formula is C18H15BrN4O2. The van der Waals surface area contributed by atoms with Gasteiger partial charge in [0.1, 0.15) is 12.4 Å². The third-order valence-electron chi connectivity index (χ3n) is 3.72. The number of aryl methyl sites for hydroxylation is 2. The minimum atomic E-state index is -0.355. The standard InChI is InChI=1S/C18H15BrN4O2/c1-4-13-6-5-7-16(23-18(24)22(3)20-21-23)14(13)11-25-17-9-8-12(2)10-15(17)19/h1,5-10H,11H2,2-3H3. The van der Waals surface area contributed by atoms with E-state index in [0.717, 1.165) is 14.7 Å². The number of aromatic nitrogens is 4. The summed E-state index contributed by atoms with van der Waals surface area (Å²) >= 11 is 3.49. The molecule has 0 N–H and O–H groups in total. The van der Waals surface area contributed by atoms with Gasteiger partial charge in [-0.25, -0.2) is 4.79 Å². The molecule has 0 bridgehead atoms. The van der Waals surface area contributed by atoms with Gasteiger partial charge in [0.25, 0.3) is 0 Å². The van der Waals surface area contributed by atoms with E-state index in [-0.39, 0.29) is 12.3 Å². The molecule has 0 saturated heterocycles. The van der Waals surface area contributed by atoms with E-state index in [1.807, 2.05) is 25.1 Å². The molecule has 3 rings (SSSR count). The Morgan fingerprint density at radius 3 is 2.72 bits per heavy atom. The van der Waals surface area contributed by atoms with Crippen LogP contribution in [0.4, 0.5) is 0 Å². The van der Waals surface area contributed by atoms with Crippen molar-refractivity contribution < 1.29 is 4.74 Å². The molecule has 3 aromatic rings. The average Bonchev–Trinajstić information content (AvgIpc) is 2.93. The number of ether oxygens (including phenoxy) is 1. The number of nitrogens with zero attached hydrogens (tertiary/aromatic N) is 4. The van der Waals surface area contributed by atoms with Crippen LogP contribution in [0.15, 0.2) is 45.7 Å². The highest BCUT2D eigenvalue weighted by Gasteiger charge is 2.15. The first kappa shape index (κ1) is 17.0. The largest absolute Gasteiger partial charge is 0.488 e. The number of hydrogen-bond donors (Lipinski definition) is 0. The zero-order chi connectivity index (χ0) is 18.0. The number of rotatable bonds is 4. The molecule has 0 aliphatic rings. The Labute approximate surface area is 153 Å². The fourth-order valence-electron chi connectivity index (χ4n) is 2.40. The van der Waals surface area contributed by atoms with Gasteiger partial charge >= 0.3 is 5.69 Å². The summed E-state index contributed by atoms with van der Waals surface area (Å²) in [5.41, 5.74) is 2.65. The molecule has 0 spiro atoms. The van der Waals surface area contributed by atoms with Crippen LogP contribution < -0.4 is 10.4 Å². The molecule has 0 radical (unpaired) electrons. The van der Waals surface area contributed by atoms with Crippen molar-refractivity contribution in [2.24, 2.45) is 7.05 Å². The number of halogens is 1. The molecule has 0 aliphatic heterocycles. The maximum absolute atomic E-state index is 12.2. The molecule has 0 aliphatic carbocycles. The van der Waals surface area contributed by atoms with Crippen molar-refractivity contribution >= 4 is 15.9 Å². The highest BCUT2D eigenvalue weighted by atomic mass is 79.9. The van der Waals surface area contributed by atoms with Gasteiger partial charge in [0.05, 0.1) is 10.2 Å². The molecule has 0 fully saturated rings. The van der Waals surface area contributed by atoms with E-state index < -0.39 is 0 Å². The normalized spacial score (nSPS) is 10.5. The highest BCUT2D eigenvalue weighted by Crippen LogP contribution is 2.27. The van der Waals surface area contributed by atoms with Crippen molar-refractivity contribution in [1.82, 2.24) is 19.8 Å². The first-order chi connectivity index (χ1) is 12.0. The van der Waals surface area contributed by atoms with Gasteiger partial charge < -0.3 is 4.74 Å². The molecule has 0 atom stereocenters. The van der Waals surface area contributed by atoms with E-state index in [9.17, 15) is 4.79 Å². The number of terminal acetylenes is 1. The first-order valence-corrected chi connectivity index (χ1v) is 8.27. The predicted octanol–water partition coefficient (Wildman–Crippen LogP) is 2.60. The number of hydrogen-bond acceptors (Lipinski definition) is 4. The second-order valence-electron chi connectivity index (χ2n) is 5.47. The Hall–Kier alpha value is -2.85. The van der Waals surface area contributed by atoms with Gasteiger partial charge in [0.15, 0.2) is 0 Å². The molecule has 7 heteroatoms. The second-order valence-corrected chi connectivity index (χ2v) is 6.32. The average molecular weight is 399 g/mol. The van der Waals surface area contributed by atoms with Crippen molar-refractivity contribution in [2.45, 2.75) is 13.5 Å². The maximum atomic E-state index is 12.2. The minimum absolute atomic E-state index is 0.195. The van der Waals surface area contributed by atoms with Gasteiger partial charge in [0, 0.05) is 18.2 Å². The van der Waals surface area contributed by atoms with Crippen molar-refractivity contribution in [3.8, 4) is 23.8 Å². The Balaban J connectivity index is 2.01. The summed E-state index contributed by atoms with van der Waals surface area (Å²) in [7, 11) is 1.54. The molecule has 1 heterocycles. The summed E-state index contributed by atoms with van der Waals surface area (Å²) in [6.07, 6.45) is 5.62. The van der Waals surface area contributed by atoms with Crippen LogP contribution in [0.1, 0.15) is 16.7 Å². The van der Waals surface area contributed by atoms with Gasteiger partial charge in [-0.1, -0.05) is 18.1 Å². The monoisotopic (exact) mass is 398 g/mol. The number of tetrazole rings is 1. The molecule has 0 saturated carbocycles. The van der Waals surface area contributed by atoms with Crippen LogP contribution in [0.5, 0.6) is 5.75 Å². The van der Waals surface area contributed by atoms with Crippen LogP contribution in [0.2, 0.25) is 0 Å². The third kappa shape index (κ3) is 3.35. The minimum Gasteiger partial charge on any atom is -0.488 e. The van der Waals surface area contributed by atoms with Crippen molar-refractivity contribution in [3.63, 3.8) is 0 Å². The summed E-state index contributed by atoms with van der Waals surface area (Å²) in [5.74, 6) is 3.32. The Morgan fingerprint density at radius 1 is 1.28 bits per heavy atom. The zero-order valence-corrected chi connectivity index (χ0v) is 15.3. The van der Waals surface area contributed by atoms with Crippen LogP contribution in [0, 0.1) is 19.3 Å². The lowest BCUT2D eigenvalue weighted by Gasteiger charge is -2.13. The summed E-state index contributed by atoms with van der Waals surface area (Å²) in [6.45, 7) is 2.20. The van der Waals surface area contributed by atoms with Crippen molar-refractivity contribution in [1.29, 1.82) is 0 Å². The Morgan fingerprint density at radius 2 is 2.08 bits per heavy atom. The van der Waals surface area contributed by atoms with Crippen LogP contribution in [-0.2, 0) is 13.7 Å². The fourth-order valence-corrected chi connectivity index (χ4v) is 3.01. The topological polar surface area (TPSA) is 61.9 Å². The van der Waals surface area contributed by atoms with Crippen molar-refractivity contribution in [2.75, 3.05) is 0 Å². The Bertz CT molecular complexity index is 1030. The lowest BCUT2D eigenvalue weighted by atomic mass is 10.1. The molecule has 6 nitrogen and oxygen atoms in total. The summed E-state index contributed by atoms with van der Waals surface area (Å²) in [5, 5.41) is 7.64. The van der Waals surface area contributed by atoms with Gasteiger partial charge in [-0.2, -0.15) is 9.36 Å². The molecular weight excluding hydrogens is 384 g/mol. The van der Waals surface area contributed by atoms with E-state index >= 15 is 0 Å². The number of benzene rings is 2. The molecule has 2 aromatic carbocycles. The smallest absolute Gasteiger partial charge is 0.368 e. The molecule has 0 unspecified atom stereocenters. The van der Waals surface area contributed by atoms with Gasteiger partial charge in [-0.05, 0) is 63.1 Å². The third-order valence-corrected chi connectivity index (χ3v) is 4.34. The predicted molar refractivity (Wildman–Crippen MR) is 97.7 cm³/mol. The quantitative estimate of drug-likeness (QED) is 0.633. The molecule has 126 valence electrons. The summed E-state index contributed by atoms with van der Waals surface area (Å²) < 4.78 is 9.14. The summed E-state index contributed by atoms with van der Waals surface area (Å²) in [4.78, 5) is 12.2. The zero-order valence-electron chi connectivity index (χ0n) is 13.7.